The maximum Gasteiger partial charge on any atom is 0.415 e. The fourth-order valence-electron chi connectivity index (χ4n) is 7.37. The second-order valence-electron chi connectivity index (χ2n) is 15.4. The normalized spacial score (nSPS) is 16.1. The molecule has 0 saturated carbocycles. The molecule has 8 rings (SSSR count). The molecule has 13 nitrogen and oxygen atoms in total. The van der Waals surface area contributed by atoms with Gasteiger partial charge in [-0.25, -0.2) is 9.59 Å². The molecule has 0 unspecified atom stereocenters. The highest BCUT2D eigenvalue weighted by atomic mass is 35.5. The van der Waals surface area contributed by atoms with Crippen molar-refractivity contribution in [3.63, 3.8) is 0 Å². The van der Waals surface area contributed by atoms with Crippen LogP contribution in [0.5, 0.6) is 5.75 Å². The number of rotatable bonds is 6. The van der Waals surface area contributed by atoms with Gasteiger partial charge in [-0.15, -0.1) is 22.9 Å². The first-order chi connectivity index (χ1) is 26.7. The monoisotopic (exact) mass is 795 g/mol. The Labute approximate surface area is 331 Å². The van der Waals surface area contributed by atoms with Crippen molar-refractivity contribution >= 4 is 95.9 Å². The molecule has 4 amide bonds. The number of benzene rings is 3. The smallest absolute Gasteiger partial charge is 0.415 e. The zero-order valence-electron chi connectivity index (χ0n) is 31.7. The number of hydrogen-bond acceptors (Lipinski definition) is 8. The van der Waals surface area contributed by atoms with Crippen LogP contribution in [0.3, 0.4) is 0 Å². The molecule has 0 radical (unpaired) electrons. The van der Waals surface area contributed by atoms with Crippen LogP contribution in [0.25, 0.3) is 31.9 Å². The molecule has 6 aromatic rings. The SMILES string of the molecule is Cc1csc2c(OC(=O)N3CCN(C)CC3)cc3c(c12)[C@@H](CCl)CN3C(=O)c1cc2cc(NC(=O)c3cc4cc(NC(=O)OC(C)(C)C)ccc4[nH]3)ccc2[nH]1. The van der Waals surface area contributed by atoms with Crippen LogP contribution in [-0.4, -0.2) is 95.0 Å². The molecule has 0 bridgehead atoms. The van der Waals surface area contributed by atoms with Crippen molar-refractivity contribution in [1.29, 1.82) is 0 Å². The van der Waals surface area contributed by atoms with E-state index >= 15 is 0 Å². The van der Waals surface area contributed by atoms with Gasteiger partial charge >= 0.3 is 12.2 Å². The molecule has 2 aliphatic heterocycles. The molecule has 0 spiro atoms. The summed E-state index contributed by atoms with van der Waals surface area (Å²) in [4.78, 5) is 65.2. The Hall–Kier alpha value is -5.57. The highest BCUT2D eigenvalue weighted by molar-refractivity contribution is 7.17. The predicted molar refractivity (Wildman–Crippen MR) is 221 cm³/mol. The van der Waals surface area contributed by atoms with E-state index < -0.39 is 17.8 Å². The lowest BCUT2D eigenvalue weighted by atomic mass is 9.97. The number of fused-ring (bicyclic) bond motifs is 5. The molecule has 3 aromatic heterocycles. The molecule has 4 N–H and O–H groups in total. The molecule has 5 heterocycles. The third kappa shape index (κ3) is 7.27. The van der Waals surface area contributed by atoms with E-state index in [1.54, 1.807) is 73.0 Å². The number of H-pyrrole nitrogens is 2. The van der Waals surface area contributed by atoms with Gasteiger partial charge in [0.15, 0.2) is 5.75 Å². The summed E-state index contributed by atoms with van der Waals surface area (Å²) in [6, 6.07) is 15.9. The summed E-state index contributed by atoms with van der Waals surface area (Å²) in [5.74, 6) is 0.0331. The number of amides is 4. The highest BCUT2D eigenvalue weighted by Crippen LogP contribution is 2.49. The maximum absolute atomic E-state index is 14.3. The summed E-state index contributed by atoms with van der Waals surface area (Å²) in [7, 11) is 2.03. The van der Waals surface area contributed by atoms with Crippen LogP contribution >= 0.6 is 22.9 Å². The van der Waals surface area contributed by atoms with Gasteiger partial charge < -0.3 is 39.5 Å². The fraction of sp³-hybridized carbons (Fsp3) is 0.317. The predicted octanol–water partition coefficient (Wildman–Crippen LogP) is 8.50. The molecule has 0 aliphatic carbocycles. The van der Waals surface area contributed by atoms with Crippen LogP contribution in [0.2, 0.25) is 0 Å². The topological polar surface area (TPSA) is 152 Å². The Bertz CT molecular complexity index is 2540. The van der Waals surface area contributed by atoms with Crippen molar-refractivity contribution in [2.24, 2.45) is 0 Å². The van der Waals surface area contributed by atoms with Crippen molar-refractivity contribution in [2.45, 2.75) is 39.2 Å². The Morgan fingerprint density at radius 2 is 1.54 bits per heavy atom. The first-order valence-corrected chi connectivity index (χ1v) is 19.8. The number of carbonyl (C=O) groups is 4. The van der Waals surface area contributed by atoms with Crippen LogP contribution in [-0.2, 0) is 4.74 Å². The van der Waals surface area contributed by atoms with Gasteiger partial charge in [-0.2, -0.15) is 0 Å². The molecule has 290 valence electrons. The molecule has 56 heavy (non-hydrogen) atoms. The molecule has 1 atom stereocenters. The quantitative estimate of drug-likeness (QED) is 0.123. The fourth-order valence-corrected chi connectivity index (χ4v) is 8.64. The molecular weight excluding hydrogens is 754 g/mol. The number of nitrogens with zero attached hydrogens (tertiary/aromatic N) is 3. The number of likely N-dealkylation sites (N-methyl/N-ethyl adjacent to an activating group) is 1. The standard InChI is InChI=1S/C41H42ClN7O6S/c1-22-21-56-36-33(54-40(53)48-12-10-47(5)11-13-48)18-32-35(34(22)36)25(19-42)20-49(32)38(51)31-17-24-14-26(6-8-29(24)46-31)43-37(50)30-16-23-15-27(7-9-28(23)45-30)44-39(52)55-41(2,3)4/h6-9,14-18,21,25,45-46H,10-13,19-20H2,1-5H3,(H,43,50)(H,44,52)/t25-/m0/s1. The summed E-state index contributed by atoms with van der Waals surface area (Å²) >= 11 is 8.07. The Balaban J connectivity index is 1.02. The summed E-state index contributed by atoms with van der Waals surface area (Å²) in [5.41, 5.74) is 5.30. The number of aryl methyl sites for hydroxylation is 1. The van der Waals surface area contributed by atoms with Gasteiger partial charge in [0.2, 0.25) is 0 Å². The maximum atomic E-state index is 14.3. The Morgan fingerprint density at radius 3 is 2.20 bits per heavy atom. The average molecular weight is 796 g/mol. The lowest BCUT2D eigenvalue weighted by molar-refractivity contribution is 0.0635. The Morgan fingerprint density at radius 1 is 0.893 bits per heavy atom. The van der Waals surface area contributed by atoms with Gasteiger partial charge in [-0.05, 0) is 99.8 Å². The lowest BCUT2D eigenvalue weighted by Gasteiger charge is -2.31. The van der Waals surface area contributed by atoms with Crippen LogP contribution in [0, 0.1) is 6.92 Å². The minimum Gasteiger partial charge on any atom is -0.444 e. The van der Waals surface area contributed by atoms with Crippen molar-refractivity contribution < 1.29 is 28.7 Å². The third-order valence-corrected chi connectivity index (χ3v) is 11.6. The highest BCUT2D eigenvalue weighted by Gasteiger charge is 2.37. The first kappa shape index (κ1) is 37.4. The lowest BCUT2D eigenvalue weighted by Crippen LogP contribution is -2.48. The van der Waals surface area contributed by atoms with Crippen molar-refractivity contribution in [1.82, 2.24) is 19.8 Å². The number of halogens is 1. The van der Waals surface area contributed by atoms with Gasteiger partial charge in [0.25, 0.3) is 11.8 Å². The summed E-state index contributed by atoms with van der Waals surface area (Å²) in [6.45, 7) is 10.5. The van der Waals surface area contributed by atoms with Crippen LogP contribution < -0.4 is 20.3 Å². The van der Waals surface area contributed by atoms with Crippen molar-refractivity contribution in [3.05, 3.63) is 82.5 Å². The van der Waals surface area contributed by atoms with E-state index in [0.29, 0.717) is 59.7 Å². The summed E-state index contributed by atoms with van der Waals surface area (Å²) < 4.78 is 12.3. The van der Waals surface area contributed by atoms with Gasteiger partial charge in [0.1, 0.15) is 17.0 Å². The molecule has 1 fully saturated rings. The number of carbonyl (C=O) groups excluding carboxylic acids is 4. The van der Waals surface area contributed by atoms with Crippen LogP contribution in [0.15, 0.2) is 60.0 Å². The van der Waals surface area contributed by atoms with E-state index in [9.17, 15) is 19.2 Å². The molecule has 2 aliphatic rings. The van der Waals surface area contributed by atoms with Gasteiger partial charge in [-0.3, -0.25) is 14.9 Å². The van der Waals surface area contributed by atoms with E-state index in [4.69, 9.17) is 21.1 Å². The van der Waals surface area contributed by atoms with Crippen LogP contribution in [0.4, 0.5) is 26.7 Å². The van der Waals surface area contributed by atoms with E-state index in [-0.39, 0.29) is 17.7 Å². The van der Waals surface area contributed by atoms with E-state index in [1.807, 2.05) is 31.5 Å². The van der Waals surface area contributed by atoms with Gasteiger partial charge in [0, 0.05) is 89.2 Å². The molecule has 3 aromatic carbocycles. The number of piperazine rings is 1. The number of aromatic nitrogens is 2. The van der Waals surface area contributed by atoms with Gasteiger partial charge in [-0.1, -0.05) is 0 Å². The Kier molecular flexibility index (Phi) is 9.67. The zero-order chi connectivity index (χ0) is 39.5. The number of hydrogen-bond donors (Lipinski definition) is 4. The largest absolute Gasteiger partial charge is 0.444 e. The second-order valence-corrected chi connectivity index (χ2v) is 16.6. The molecular formula is C41H42ClN7O6S. The number of aromatic amines is 2. The summed E-state index contributed by atoms with van der Waals surface area (Å²) in [5, 5.41) is 10.2. The number of ether oxygens (including phenoxy) is 2. The van der Waals surface area contributed by atoms with Crippen molar-refractivity contribution in [3.8, 4) is 5.75 Å². The zero-order valence-corrected chi connectivity index (χ0v) is 33.2. The van der Waals surface area contributed by atoms with E-state index in [1.165, 1.54) is 11.3 Å². The number of anilines is 3. The van der Waals surface area contributed by atoms with Crippen molar-refractivity contribution in [2.75, 3.05) is 61.2 Å². The second kappa shape index (κ2) is 14.5. The number of alkyl halides is 1. The summed E-state index contributed by atoms with van der Waals surface area (Å²) in [6.07, 6.45) is -0.969. The third-order valence-electron chi connectivity index (χ3n) is 10.1. The molecule has 1 saturated heterocycles. The molecule has 15 heteroatoms. The minimum absolute atomic E-state index is 0.113. The first-order valence-electron chi connectivity index (χ1n) is 18.4. The van der Waals surface area contributed by atoms with E-state index in [2.05, 4.69) is 25.5 Å². The van der Waals surface area contributed by atoms with E-state index in [0.717, 1.165) is 56.1 Å². The minimum atomic E-state index is -0.632. The number of thiophene rings is 1. The average Bonchev–Trinajstić information content (AvgIpc) is 3.94. The number of nitrogens with one attached hydrogen (secondary N) is 4. The van der Waals surface area contributed by atoms with Gasteiger partial charge in [0.05, 0.1) is 10.4 Å². The van der Waals surface area contributed by atoms with Crippen LogP contribution in [0.1, 0.15) is 58.8 Å².